The van der Waals surface area contributed by atoms with E-state index in [1.54, 1.807) is 0 Å². The largest absolute Gasteiger partial charge is 0.378 e. The van der Waals surface area contributed by atoms with Gasteiger partial charge in [0.15, 0.2) is 0 Å². The molecule has 150 valence electrons. The molecule has 3 aliphatic rings. The van der Waals surface area contributed by atoms with Crippen LogP contribution in [-0.2, 0) is 14.3 Å². The monoisotopic (exact) mass is 479 g/mol. The van der Waals surface area contributed by atoms with Crippen LogP contribution >= 0.6 is 24.0 Å². The van der Waals surface area contributed by atoms with Gasteiger partial charge < -0.3 is 19.9 Å². The first-order valence-corrected chi connectivity index (χ1v) is 9.85. The van der Waals surface area contributed by atoms with Crippen molar-refractivity contribution in [2.24, 2.45) is 11.3 Å². The second-order valence-electron chi connectivity index (χ2n) is 8.41. The van der Waals surface area contributed by atoms with Crippen LogP contribution in [-0.4, -0.2) is 73.6 Å². The van der Waals surface area contributed by atoms with E-state index in [-0.39, 0.29) is 47.1 Å². The molecule has 1 N–H and O–H groups in total. The summed E-state index contributed by atoms with van der Waals surface area (Å²) in [6.45, 7) is 9.10. The highest BCUT2D eigenvalue weighted by Gasteiger charge is 2.35. The number of piperidine rings is 1. The Labute approximate surface area is 174 Å². The zero-order chi connectivity index (χ0) is 17.9. The first-order chi connectivity index (χ1) is 12.0. The van der Waals surface area contributed by atoms with Crippen LogP contribution < -0.4 is 5.32 Å². The molecule has 0 spiro atoms. The lowest BCUT2D eigenvalue weighted by Gasteiger charge is -2.36. The van der Waals surface area contributed by atoms with E-state index in [1.807, 2.05) is 9.80 Å². The van der Waals surface area contributed by atoms with E-state index >= 15 is 0 Å². The van der Waals surface area contributed by atoms with Crippen molar-refractivity contribution in [3.05, 3.63) is 0 Å². The summed E-state index contributed by atoms with van der Waals surface area (Å²) in [5.41, 5.74) is 0.290. The van der Waals surface area contributed by atoms with E-state index in [0.717, 1.165) is 19.3 Å². The van der Waals surface area contributed by atoms with E-state index < -0.39 is 0 Å². The minimum atomic E-state index is 0. The number of nitrogens with one attached hydrogen (secondary N) is 1. The SMILES string of the molecule is CC1(C)CCCC1NCC(=O)N1CCC(C(=O)N2CCOCC2)CC1.I. The standard InChI is InChI=1S/C19H33N3O3.HI/c1-19(2)7-3-4-16(19)20-14-17(23)21-8-5-15(6-9-21)18(24)22-10-12-25-13-11-22;/h15-16,20H,3-14H2,1-2H3;1H. The fourth-order valence-corrected chi connectivity index (χ4v) is 4.45. The van der Waals surface area contributed by atoms with Crippen LogP contribution in [0.1, 0.15) is 46.0 Å². The van der Waals surface area contributed by atoms with Crippen molar-refractivity contribution in [1.29, 1.82) is 0 Å². The Kier molecular flexibility index (Phi) is 8.15. The Balaban J connectivity index is 0.00000243. The second-order valence-corrected chi connectivity index (χ2v) is 8.41. The zero-order valence-electron chi connectivity index (χ0n) is 16.2. The maximum absolute atomic E-state index is 12.6. The molecule has 26 heavy (non-hydrogen) atoms. The molecule has 0 aromatic carbocycles. The Morgan fingerprint density at radius 3 is 2.27 bits per heavy atom. The molecule has 0 aromatic rings. The summed E-state index contributed by atoms with van der Waals surface area (Å²) in [5, 5.41) is 3.47. The van der Waals surface area contributed by atoms with Crippen LogP contribution in [0.15, 0.2) is 0 Å². The number of carbonyl (C=O) groups excluding carboxylic acids is 2. The van der Waals surface area contributed by atoms with Gasteiger partial charge in [0.1, 0.15) is 0 Å². The van der Waals surface area contributed by atoms with Crippen LogP contribution in [0, 0.1) is 11.3 Å². The average Bonchev–Trinajstić information content (AvgIpc) is 2.98. The Morgan fingerprint density at radius 1 is 1.04 bits per heavy atom. The van der Waals surface area contributed by atoms with E-state index in [1.165, 1.54) is 12.8 Å². The zero-order valence-corrected chi connectivity index (χ0v) is 18.5. The maximum atomic E-state index is 12.6. The van der Waals surface area contributed by atoms with E-state index in [9.17, 15) is 9.59 Å². The molecule has 0 aromatic heterocycles. The predicted molar refractivity (Wildman–Crippen MR) is 112 cm³/mol. The highest BCUT2D eigenvalue weighted by atomic mass is 127. The molecule has 2 aliphatic heterocycles. The van der Waals surface area contributed by atoms with Gasteiger partial charge in [-0.3, -0.25) is 9.59 Å². The van der Waals surface area contributed by atoms with Crippen molar-refractivity contribution in [3.63, 3.8) is 0 Å². The van der Waals surface area contributed by atoms with Crippen molar-refractivity contribution in [3.8, 4) is 0 Å². The summed E-state index contributed by atoms with van der Waals surface area (Å²) in [6, 6.07) is 0.442. The number of amides is 2. The topological polar surface area (TPSA) is 61.9 Å². The van der Waals surface area contributed by atoms with Gasteiger partial charge in [0.05, 0.1) is 19.8 Å². The fraction of sp³-hybridized carbons (Fsp3) is 0.895. The minimum absolute atomic E-state index is 0. The van der Waals surface area contributed by atoms with Crippen molar-refractivity contribution in [2.75, 3.05) is 45.9 Å². The summed E-state index contributed by atoms with van der Waals surface area (Å²) in [6.07, 6.45) is 5.21. The number of hydrogen-bond acceptors (Lipinski definition) is 4. The normalized spacial score (nSPS) is 26.5. The van der Waals surface area contributed by atoms with Crippen LogP contribution in [0.5, 0.6) is 0 Å². The number of rotatable bonds is 4. The molecule has 1 atom stereocenters. The molecule has 0 bridgehead atoms. The Hall–Kier alpha value is -0.410. The molecule has 2 heterocycles. The number of ether oxygens (including phenoxy) is 1. The third kappa shape index (κ3) is 5.32. The third-order valence-corrected chi connectivity index (χ3v) is 6.28. The van der Waals surface area contributed by atoms with Crippen LogP contribution in [0.3, 0.4) is 0 Å². The smallest absolute Gasteiger partial charge is 0.236 e. The van der Waals surface area contributed by atoms with E-state index in [0.29, 0.717) is 52.0 Å². The van der Waals surface area contributed by atoms with Gasteiger partial charge in [0.25, 0.3) is 0 Å². The van der Waals surface area contributed by atoms with Crippen molar-refractivity contribution in [1.82, 2.24) is 15.1 Å². The summed E-state index contributed by atoms with van der Waals surface area (Å²) < 4.78 is 5.32. The maximum Gasteiger partial charge on any atom is 0.236 e. The number of nitrogens with zero attached hydrogens (tertiary/aromatic N) is 2. The van der Waals surface area contributed by atoms with Gasteiger partial charge >= 0.3 is 0 Å². The number of halogens is 1. The number of hydrogen-bond donors (Lipinski definition) is 1. The lowest BCUT2D eigenvalue weighted by Crippen LogP contribution is -2.50. The van der Waals surface area contributed by atoms with Gasteiger partial charge in [0, 0.05) is 38.1 Å². The van der Waals surface area contributed by atoms with Crippen molar-refractivity contribution < 1.29 is 14.3 Å². The minimum Gasteiger partial charge on any atom is -0.378 e. The van der Waals surface area contributed by atoms with Gasteiger partial charge in [-0.05, 0) is 31.1 Å². The number of morpholine rings is 1. The molecule has 1 unspecified atom stereocenters. The number of carbonyl (C=O) groups is 2. The summed E-state index contributed by atoms with van der Waals surface area (Å²) in [4.78, 5) is 28.9. The predicted octanol–water partition coefficient (Wildman–Crippen LogP) is 1.87. The van der Waals surface area contributed by atoms with Crippen molar-refractivity contribution >= 4 is 35.8 Å². The first-order valence-electron chi connectivity index (χ1n) is 9.85. The van der Waals surface area contributed by atoms with E-state index in [4.69, 9.17) is 4.74 Å². The molecule has 3 fully saturated rings. The van der Waals surface area contributed by atoms with Gasteiger partial charge in [-0.1, -0.05) is 20.3 Å². The first kappa shape index (κ1) is 21.9. The average molecular weight is 479 g/mol. The Bertz CT molecular complexity index is 486. The van der Waals surface area contributed by atoms with Crippen LogP contribution in [0.25, 0.3) is 0 Å². The quantitative estimate of drug-likeness (QED) is 0.626. The molecule has 6 nitrogen and oxygen atoms in total. The molecule has 1 aliphatic carbocycles. The second kappa shape index (κ2) is 9.68. The molecule has 2 amide bonds. The molecule has 2 saturated heterocycles. The number of likely N-dealkylation sites (tertiary alicyclic amines) is 1. The van der Waals surface area contributed by atoms with Crippen LogP contribution in [0.4, 0.5) is 0 Å². The molecular weight excluding hydrogens is 445 g/mol. The molecular formula is C19H34IN3O3. The fourth-order valence-electron chi connectivity index (χ4n) is 4.45. The third-order valence-electron chi connectivity index (χ3n) is 6.28. The lowest BCUT2D eigenvalue weighted by molar-refractivity contribution is -0.143. The summed E-state index contributed by atoms with van der Waals surface area (Å²) in [7, 11) is 0. The lowest BCUT2D eigenvalue weighted by atomic mass is 9.87. The highest BCUT2D eigenvalue weighted by Crippen LogP contribution is 2.37. The molecule has 0 radical (unpaired) electrons. The Morgan fingerprint density at radius 2 is 1.69 bits per heavy atom. The highest BCUT2D eigenvalue weighted by molar-refractivity contribution is 14.0. The molecule has 3 rings (SSSR count). The van der Waals surface area contributed by atoms with Gasteiger partial charge in [0.2, 0.25) is 11.8 Å². The van der Waals surface area contributed by atoms with Crippen molar-refractivity contribution in [2.45, 2.75) is 52.0 Å². The van der Waals surface area contributed by atoms with Crippen LogP contribution in [0.2, 0.25) is 0 Å². The molecule has 7 heteroatoms. The van der Waals surface area contributed by atoms with Gasteiger partial charge in [-0.25, -0.2) is 0 Å². The molecule has 1 saturated carbocycles. The summed E-state index contributed by atoms with van der Waals surface area (Å²) >= 11 is 0. The van der Waals surface area contributed by atoms with Gasteiger partial charge in [-0.2, -0.15) is 0 Å². The van der Waals surface area contributed by atoms with E-state index in [2.05, 4.69) is 19.2 Å². The summed E-state index contributed by atoms with van der Waals surface area (Å²) in [5.74, 6) is 0.505. The van der Waals surface area contributed by atoms with Gasteiger partial charge in [-0.15, -0.1) is 24.0 Å².